The van der Waals surface area contributed by atoms with E-state index in [1.165, 1.54) is 0 Å². The van der Waals surface area contributed by atoms with Crippen LogP contribution in [0.15, 0.2) is 30.3 Å². The van der Waals surface area contributed by atoms with Crippen LogP contribution in [0.2, 0.25) is 0 Å². The highest BCUT2D eigenvalue weighted by Crippen LogP contribution is 2.16. The fraction of sp³-hybridized carbons (Fsp3) is 0.526. The zero-order chi connectivity index (χ0) is 19.6. The van der Waals surface area contributed by atoms with E-state index in [0.29, 0.717) is 12.2 Å². The van der Waals surface area contributed by atoms with Gasteiger partial charge in [-0.25, -0.2) is 4.79 Å². The van der Waals surface area contributed by atoms with E-state index in [9.17, 15) is 14.4 Å². The number of nitrogens with zero attached hydrogens (tertiary/aromatic N) is 2. The summed E-state index contributed by atoms with van der Waals surface area (Å²) < 4.78 is 0. The van der Waals surface area contributed by atoms with Crippen molar-refractivity contribution in [3.8, 4) is 0 Å². The molecule has 28 heavy (non-hydrogen) atoms. The van der Waals surface area contributed by atoms with Gasteiger partial charge in [-0.2, -0.15) is 0 Å². The molecule has 9 heteroatoms. The number of likely N-dealkylation sites (N-methyl/N-ethyl adjacent to an activating group) is 1. The highest BCUT2D eigenvalue weighted by Gasteiger charge is 2.22. The Morgan fingerprint density at radius 1 is 1.18 bits per heavy atom. The Labute approximate surface area is 171 Å². The first-order chi connectivity index (χ1) is 12.9. The first kappa shape index (κ1) is 23.9. The van der Waals surface area contributed by atoms with Gasteiger partial charge in [-0.1, -0.05) is 18.2 Å². The Kier molecular flexibility index (Phi) is 10.5. The van der Waals surface area contributed by atoms with Crippen LogP contribution in [0.1, 0.15) is 25.7 Å². The topological polar surface area (TPSA) is 102 Å². The van der Waals surface area contributed by atoms with Crippen molar-refractivity contribution >= 4 is 36.0 Å². The maximum atomic E-state index is 12.0. The van der Waals surface area contributed by atoms with E-state index in [2.05, 4.69) is 15.5 Å². The summed E-state index contributed by atoms with van der Waals surface area (Å²) in [5, 5.41) is 13.9. The van der Waals surface area contributed by atoms with Gasteiger partial charge in [0.2, 0.25) is 5.91 Å². The number of imide groups is 1. The number of anilines is 1. The van der Waals surface area contributed by atoms with E-state index in [-0.39, 0.29) is 37.3 Å². The van der Waals surface area contributed by atoms with Crippen LogP contribution in [0.3, 0.4) is 0 Å². The van der Waals surface area contributed by atoms with Gasteiger partial charge in [0, 0.05) is 24.7 Å². The van der Waals surface area contributed by atoms with Gasteiger partial charge in [0.1, 0.15) is 0 Å². The van der Waals surface area contributed by atoms with Crippen molar-refractivity contribution in [2.45, 2.75) is 31.7 Å². The second-order valence-corrected chi connectivity index (χ2v) is 6.85. The van der Waals surface area contributed by atoms with Crippen molar-refractivity contribution in [3.63, 3.8) is 0 Å². The molecule has 0 aliphatic carbocycles. The Morgan fingerprint density at radius 3 is 2.57 bits per heavy atom. The molecule has 156 valence electrons. The molecule has 1 aromatic rings. The van der Waals surface area contributed by atoms with Crippen LogP contribution >= 0.6 is 12.4 Å². The molecule has 1 aliphatic rings. The third-order valence-corrected chi connectivity index (χ3v) is 4.74. The summed E-state index contributed by atoms with van der Waals surface area (Å²) in [7, 11) is 1.84. The molecule has 0 bridgehead atoms. The number of amides is 3. The van der Waals surface area contributed by atoms with E-state index >= 15 is 0 Å². The van der Waals surface area contributed by atoms with Gasteiger partial charge >= 0.3 is 12.0 Å². The number of hydrogen-bond acceptors (Lipinski definition) is 5. The van der Waals surface area contributed by atoms with E-state index in [0.717, 1.165) is 32.4 Å². The smallest absolute Gasteiger partial charge is 0.325 e. The van der Waals surface area contributed by atoms with E-state index in [1.54, 1.807) is 24.3 Å². The van der Waals surface area contributed by atoms with Crippen molar-refractivity contribution in [1.82, 2.24) is 15.1 Å². The van der Waals surface area contributed by atoms with Gasteiger partial charge in [0.15, 0.2) is 0 Å². The monoisotopic (exact) mass is 412 g/mol. The Morgan fingerprint density at radius 2 is 1.89 bits per heavy atom. The molecule has 0 radical (unpaired) electrons. The molecule has 1 atom stereocenters. The van der Waals surface area contributed by atoms with E-state index < -0.39 is 12.0 Å². The summed E-state index contributed by atoms with van der Waals surface area (Å²) in [5.74, 6) is -1.13. The third-order valence-electron chi connectivity index (χ3n) is 4.74. The molecule has 0 spiro atoms. The van der Waals surface area contributed by atoms with Crippen LogP contribution in [-0.4, -0.2) is 72.1 Å². The Bertz CT molecular complexity index is 644. The number of carbonyl (C=O) groups is 3. The van der Waals surface area contributed by atoms with Gasteiger partial charge in [-0.05, 0) is 51.5 Å². The molecule has 1 fully saturated rings. The van der Waals surface area contributed by atoms with Crippen molar-refractivity contribution in [3.05, 3.63) is 30.3 Å². The molecule has 0 saturated carbocycles. The van der Waals surface area contributed by atoms with Crippen LogP contribution in [0.25, 0.3) is 0 Å². The summed E-state index contributed by atoms with van der Waals surface area (Å²) in [6.45, 7) is 2.32. The average molecular weight is 413 g/mol. The zero-order valence-electron chi connectivity index (χ0n) is 16.1. The second kappa shape index (κ2) is 12.3. The summed E-state index contributed by atoms with van der Waals surface area (Å²) in [4.78, 5) is 38.8. The fourth-order valence-corrected chi connectivity index (χ4v) is 3.28. The second-order valence-electron chi connectivity index (χ2n) is 6.85. The number of aliphatic carboxylic acids is 1. The summed E-state index contributed by atoms with van der Waals surface area (Å²) in [6, 6.07) is 8.67. The van der Waals surface area contributed by atoms with Gasteiger partial charge in [-0.15, -0.1) is 12.4 Å². The maximum absolute atomic E-state index is 12.0. The van der Waals surface area contributed by atoms with Crippen LogP contribution in [-0.2, 0) is 9.59 Å². The molecular formula is C19H29ClN4O4. The van der Waals surface area contributed by atoms with Gasteiger partial charge in [0.05, 0.1) is 6.54 Å². The number of carbonyl (C=O) groups excluding carboxylic acids is 2. The highest BCUT2D eigenvalue weighted by atomic mass is 35.5. The van der Waals surface area contributed by atoms with Gasteiger partial charge in [-0.3, -0.25) is 19.8 Å². The number of benzene rings is 1. The third kappa shape index (κ3) is 8.69. The molecular weight excluding hydrogens is 384 g/mol. The molecule has 3 amide bonds. The number of halogens is 1. The molecule has 8 nitrogen and oxygen atoms in total. The number of carboxylic acid groups (broad SMARTS) is 1. The lowest BCUT2D eigenvalue weighted by molar-refractivity contribution is -0.138. The van der Waals surface area contributed by atoms with E-state index in [4.69, 9.17) is 5.11 Å². The van der Waals surface area contributed by atoms with Crippen molar-refractivity contribution in [2.24, 2.45) is 0 Å². The van der Waals surface area contributed by atoms with Crippen molar-refractivity contribution in [2.75, 3.05) is 38.5 Å². The van der Waals surface area contributed by atoms with Crippen LogP contribution < -0.4 is 10.6 Å². The number of para-hydroxylation sites is 1. The van der Waals surface area contributed by atoms with Crippen LogP contribution in [0.4, 0.5) is 10.5 Å². The molecule has 3 N–H and O–H groups in total. The van der Waals surface area contributed by atoms with Gasteiger partial charge in [0.25, 0.3) is 0 Å². The predicted octanol–water partition coefficient (Wildman–Crippen LogP) is 2.02. The highest BCUT2D eigenvalue weighted by molar-refractivity contribution is 6.01. The standard InChI is InChI=1S/C19H28N4O4.ClH/c1-22(14-18(25)26)16-8-5-11-23(12-9-16)13-10-17(24)21-19(27)20-15-6-3-2-4-7-15;/h2-4,6-7,16H,5,8-14H2,1H3,(H,25,26)(H2,20,21,24,27);1H. The largest absolute Gasteiger partial charge is 0.480 e. The lowest BCUT2D eigenvalue weighted by Crippen LogP contribution is -2.38. The minimum Gasteiger partial charge on any atom is -0.480 e. The summed E-state index contributed by atoms with van der Waals surface area (Å²) >= 11 is 0. The number of nitrogens with one attached hydrogen (secondary N) is 2. The molecule has 2 rings (SSSR count). The van der Waals surface area contributed by atoms with Crippen LogP contribution in [0, 0.1) is 0 Å². The number of hydrogen-bond donors (Lipinski definition) is 3. The SMILES string of the molecule is CN(CC(=O)O)C1CCCN(CCC(=O)NC(=O)Nc2ccccc2)CC1.Cl. The normalized spacial score (nSPS) is 17.3. The number of urea groups is 1. The molecule has 1 unspecified atom stereocenters. The maximum Gasteiger partial charge on any atom is 0.325 e. The van der Waals surface area contributed by atoms with Gasteiger partial charge < -0.3 is 15.3 Å². The van der Waals surface area contributed by atoms with Crippen molar-refractivity contribution in [1.29, 1.82) is 0 Å². The zero-order valence-corrected chi connectivity index (χ0v) is 16.9. The quantitative estimate of drug-likeness (QED) is 0.633. The minimum atomic E-state index is -0.816. The lowest BCUT2D eigenvalue weighted by Gasteiger charge is -2.25. The summed E-state index contributed by atoms with van der Waals surface area (Å²) in [6.07, 6.45) is 3.04. The first-order valence-electron chi connectivity index (χ1n) is 9.24. The summed E-state index contributed by atoms with van der Waals surface area (Å²) in [5.41, 5.74) is 0.631. The van der Waals surface area contributed by atoms with Crippen molar-refractivity contribution < 1.29 is 19.5 Å². The Hall–Kier alpha value is -2.16. The fourth-order valence-electron chi connectivity index (χ4n) is 3.28. The number of likely N-dealkylation sites (tertiary alicyclic amines) is 1. The minimum absolute atomic E-state index is 0. The molecule has 1 aliphatic heterocycles. The molecule has 0 aromatic heterocycles. The predicted molar refractivity (Wildman–Crippen MR) is 110 cm³/mol. The van der Waals surface area contributed by atoms with Crippen LogP contribution in [0.5, 0.6) is 0 Å². The first-order valence-corrected chi connectivity index (χ1v) is 9.24. The molecule has 1 aromatic carbocycles. The number of carboxylic acids is 1. The molecule has 1 heterocycles. The molecule has 1 saturated heterocycles. The lowest BCUT2D eigenvalue weighted by atomic mass is 10.1. The average Bonchev–Trinajstić information content (AvgIpc) is 2.86. The Balaban J connectivity index is 0.00000392. The number of rotatable bonds is 7. The van der Waals surface area contributed by atoms with E-state index in [1.807, 2.05) is 18.0 Å².